The summed E-state index contributed by atoms with van der Waals surface area (Å²) in [5, 5.41) is 0. The first-order valence-electron chi connectivity index (χ1n) is 5.39. The monoisotopic (exact) mass is 282 g/mol. The number of likely N-dealkylation sites (tertiary alicyclic amines) is 1. The Morgan fingerprint density at radius 3 is 2.94 bits per heavy atom. The van der Waals surface area contributed by atoms with Crippen molar-refractivity contribution in [3.63, 3.8) is 0 Å². The molecule has 16 heavy (non-hydrogen) atoms. The Balaban J connectivity index is 2.24. The predicted octanol–water partition coefficient (Wildman–Crippen LogP) is 1.93. The van der Waals surface area contributed by atoms with Crippen LogP contribution in [0, 0.1) is 6.92 Å². The van der Waals surface area contributed by atoms with E-state index < -0.39 is 0 Å². The quantitative estimate of drug-likeness (QED) is 0.856. The maximum Gasteiger partial charge on any atom is 0.254 e. The van der Waals surface area contributed by atoms with Crippen LogP contribution in [0.25, 0.3) is 0 Å². The highest BCUT2D eigenvalue weighted by molar-refractivity contribution is 9.10. The predicted molar refractivity (Wildman–Crippen MR) is 67.4 cm³/mol. The SMILES string of the molecule is Cc1c(Br)cccc1C(=O)N1CCC(N)C1. The number of halogens is 1. The van der Waals surface area contributed by atoms with Crippen LogP contribution in [0.5, 0.6) is 0 Å². The zero-order valence-electron chi connectivity index (χ0n) is 9.24. The molecule has 1 aliphatic heterocycles. The van der Waals surface area contributed by atoms with Gasteiger partial charge in [-0.1, -0.05) is 22.0 Å². The van der Waals surface area contributed by atoms with Crippen molar-refractivity contribution >= 4 is 21.8 Å². The summed E-state index contributed by atoms with van der Waals surface area (Å²) in [5.74, 6) is 0.0896. The molecule has 1 fully saturated rings. The van der Waals surface area contributed by atoms with Gasteiger partial charge in [0.15, 0.2) is 0 Å². The van der Waals surface area contributed by atoms with Crippen LogP contribution in [0.2, 0.25) is 0 Å². The number of nitrogens with two attached hydrogens (primary N) is 1. The van der Waals surface area contributed by atoms with Crippen molar-refractivity contribution in [1.29, 1.82) is 0 Å². The molecule has 3 nitrogen and oxygen atoms in total. The maximum absolute atomic E-state index is 12.2. The Bertz CT molecular complexity index is 419. The molecule has 4 heteroatoms. The van der Waals surface area contributed by atoms with E-state index >= 15 is 0 Å². The minimum Gasteiger partial charge on any atom is -0.337 e. The molecule has 0 aliphatic carbocycles. The molecule has 1 unspecified atom stereocenters. The van der Waals surface area contributed by atoms with E-state index in [4.69, 9.17) is 5.73 Å². The summed E-state index contributed by atoms with van der Waals surface area (Å²) in [6, 6.07) is 5.84. The first-order valence-corrected chi connectivity index (χ1v) is 6.19. The fourth-order valence-electron chi connectivity index (χ4n) is 1.98. The molecule has 0 aromatic heterocycles. The summed E-state index contributed by atoms with van der Waals surface area (Å²) in [5.41, 5.74) is 7.57. The van der Waals surface area contributed by atoms with Gasteiger partial charge in [-0.15, -0.1) is 0 Å². The molecule has 1 aromatic rings. The van der Waals surface area contributed by atoms with Crippen LogP contribution in [0.3, 0.4) is 0 Å². The molecule has 1 amide bonds. The average molecular weight is 283 g/mol. The van der Waals surface area contributed by atoms with Crippen LogP contribution >= 0.6 is 15.9 Å². The van der Waals surface area contributed by atoms with Crippen molar-refractivity contribution in [1.82, 2.24) is 4.90 Å². The summed E-state index contributed by atoms with van der Waals surface area (Å²) in [7, 11) is 0. The van der Waals surface area contributed by atoms with Gasteiger partial charge < -0.3 is 10.6 Å². The van der Waals surface area contributed by atoms with Crippen molar-refractivity contribution in [2.75, 3.05) is 13.1 Å². The molecule has 2 N–H and O–H groups in total. The summed E-state index contributed by atoms with van der Waals surface area (Å²) >= 11 is 3.44. The van der Waals surface area contributed by atoms with Gasteiger partial charge in [-0.05, 0) is 31.0 Å². The van der Waals surface area contributed by atoms with E-state index in [1.165, 1.54) is 0 Å². The highest BCUT2D eigenvalue weighted by atomic mass is 79.9. The second-order valence-corrected chi connectivity index (χ2v) is 5.07. The molecule has 86 valence electrons. The Labute approximate surface area is 104 Å². The molecule has 0 radical (unpaired) electrons. The topological polar surface area (TPSA) is 46.3 Å². The first-order chi connectivity index (χ1) is 7.59. The van der Waals surface area contributed by atoms with E-state index in [0.29, 0.717) is 6.54 Å². The van der Waals surface area contributed by atoms with Crippen molar-refractivity contribution in [3.05, 3.63) is 33.8 Å². The van der Waals surface area contributed by atoms with E-state index in [9.17, 15) is 4.79 Å². The van der Waals surface area contributed by atoms with Crippen LogP contribution in [0.4, 0.5) is 0 Å². The minimum absolute atomic E-state index is 0.0896. The zero-order chi connectivity index (χ0) is 11.7. The lowest BCUT2D eigenvalue weighted by molar-refractivity contribution is 0.0790. The number of amides is 1. The van der Waals surface area contributed by atoms with Crippen LogP contribution in [0.1, 0.15) is 22.3 Å². The van der Waals surface area contributed by atoms with Gasteiger partial charge in [0.05, 0.1) is 0 Å². The Kier molecular flexibility index (Phi) is 3.30. The van der Waals surface area contributed by atoms with Crippen molar-refractivity contribution in [2.45, 2.75) is 19.4 Å². The molecule has 0 spiro atoms. The lowest BCUT2D eigenvalue weighted by atomic mass is 10.1. The first kappa shape index (κ1) is 11.6. The molecule has 1 heterocycles. The number of carbonyl (C=O) groups is 1. The highest BCUT2D eigenvalue weighted by Gasteiger charge is 2.25. The fourth-order valence-corrected chi connectivity index (χ4v) is 2.35. The molecule has 2 rings (SSSR count). The van der Waals surface area contributed by atoms with Crippen LogP contribution in [0.15, 0.2) is 22.7 Å². The van der Waals surface area contributed by atoms with Crippen molar-refractivity contribution < 1.29 is 4.79 Å². The lowest BCUT2D eigenvalue weighted by Crippen LogP contribution is -2.32. The van der Waals surface area contributed by atoms with E-state index in [-0.39, 0.29) is 11.9 Å². The van der Waals surface area contributed by atoms with Crippen LogP contribution in [-0.2, 0) is 0 Å². The van der Waals surface area contributed by atoms with E-state index in [2.05, 4.69) is 15.9 Å². The third-order valence-electron chi connectivity index (χ3n) is 3.01. The molecular weight excluding hydrogens is 268 g/mol. The van der Waals surface area contributed by atoms with Crippen molar-refractivity contribution in [2.24, 2.45) is 5.73 Å². The van der Waals surface area contributed by atoms with Gasteiger partial charge in [-0.3, -0.25) is 4.79 Å². The zero-order valence-corrected chi connectivity index (χ0v) is 10.8. The van der Waals surface area contributed by atoms with Gasteiger partial charge in [-0.25, -0.2) is 0 Å². The number of nitrogens with zero attached hydrogens (tertiary/aromatic N) is 1. The van der Waals surface area contributed by atoms with Gasteiger partial charge in [0, 0.05) is 29.2 Å². The van der Waals surface area contributed by atoms with Crippen molar-refractivity contribution in [3.8, 4) is 0 Å². The standard InChI is InChI=1S/C12H15BrN2O/c1-8-10(3-2-4-11(8)13)12(16)15-6-5-9(14)7-15/h2-4,9H,5-7,14H2,1H3. The van der Waals surface area contributed by atoms with Gasteiger partial charge in [0.2, 0.25) is 0 Å². The largest absolute Gasteiger partial charge is 0.337 e. The maximum atomic E-state index is 12.2. The van der Waals surface area contributed by atoms with Gasteiger partial charge >= 0.3 is 0 Å². The number of carbonyl (C=O) groups excluding carboxylic acids is 1. The number of rotatable bonds is 1. The molecule has 1 saturated heterocycles. The second kappa shape index (κ2) is 4.55. The Morgan fingerprint density at radius 1 is 1.56 bits per heavy atom. The lowest BCUT2D eigenvalue weighted by Gasteiger charge is -2.17. The molecule has 0 bridgehead atoms. The van der Waals surface area contributed by atoms with E-state index in [1.807, 2.05) is 30.0 Å². The summed E-state index contributed by atoms with van der Waals surface area (Å²) < 4.78 is 0.974. The van der Waals surface area contributed by atoms with Gasteiger partial charge in [0.1, 0.15) is 0 Å². The van der Waals surface area contributed by atoms with E-state index in [1.54, 1.807) is 0 Å². The van der Waals surface area contributed by atoms with Gasteiger partial charge in [0.25, 0.3) is 5.91 Å². The average Bonchev–Trinajstić information content (AvgIpc) is 2.68. The molecule has 0 saturated carbocycles. The van der Waals surface area contributed by atoms with E-state index in [0.717, 1.165) is 28.6 Å². The highest BCUT2D eigenvalue weighted by Crippen LogP contribution is 2.22. The summed E-state index contributed by atoms with van der Waals surface area (Å²) in [4.78, 5) is 14.0. The molecule has 1 atom stereocenters. The van der Waals surface area contributed by atoms with Gasteiger partial charge in [-0.2, -0.15) is 0 Å². The van der Waals surface area contributed by atoms with Crippen LogP contribution in [-0.4, -0.2) is 29.9 Å². The second-order valence-electron chi connectivity index (χ2n) is 4.21. The molecule has 1 aromatic carbocycles. The molecular formula is C12H15BrN2O. The number of hydrogen-bond acceptors (Lipinski definition) is 2. The fraction of sp³-hybridized carbons (Fsp3) is 0.417. The Hall–Kier alpha value is -0.870. The number of hydrogen-bond donors (Lipinski definition) is 1. The summed E-state index contributed by atoms with van der Waals surface area (Å²) in [6.07, 6.45) is 0.902. The third-order valence-corrected chi connectivity index (χ3v) is 3.87. The molecule has 1 aliphatic rings. The normalized spacial score (nSPS) is 20.2. The minimum atomic E-state index is 0.0896. The number of benzene rings is 1. The Morgan fingerprint density at radius 2 is 2.31 bits per heavy atom. The summed E-state index contributed by atoms with van der Waals surface area (Å²) in [6.45, 7) is 3.39. The van der Waals surface area contributed by atoms with Crippen LogP contribution < -0.4 is 5.73 Å². The third kappa shape index (κ3) is 2.13. The smallest absolute Gasteiger partial charge is 0.254 e.